The Morgan fingerprint density at radius 1 is 0.742 bits per heavy atom. The second-order valence-corrected chi connectivity index (χ2v) is 10.0. The lowest BCUT2D eigenvalue weighted by atomic mass is 9.93. The number of ether oxygens (including phenoxy) is 2. The molecule has 0 atom stereocenters. The van der Waals surface area contributed by atoms with Gasteiger partial charge in [-0.15, -0.1) is 0 Å². The molecule has 0 radical (unpaired) electrons. The van der Waals surface area contributed by atoms with E-state index < -0.39 is 26.3 Å². The van der Waals surface area contributed by atoms with Crippen LogP contribution in [0.4, 0.5) is 0 Å². The van der Waals surface area contributed by atoms with Gasteiger partial charge in [-0.2, -0.15) is 0 Å². The predicted molar refractivity (Wildman–Crippen MR) is 122 cm³/mol. The van der Waals surface area contributed by atoms with E-state index in [9.17, 15) is 18.0 Å². The molecule has 7 heteroatoms. The minimum Gasteiger partial charge on any atom is -0.496 e. The van der Waals surface area contributed by atoms with Crippen molar-refractivity contribution in [2.45, 2.75) is 71.1 Å². The van der Waals surface area contributed by atoms with Gasteiger partial charge in [0, 0.05) is 6.08 Å². The Morgan fingerprint density at radius 3 is 1.74 bits per heavy atom. The number of ketones is 2. The summed E-state index contributed by atoms with van der Waals surface area (Å²) < 4.78 is 36.0. The van der Waals surface area contributed by atoms with Gasteiger partial charge in [-0.05, 0) is 18.6 Å². The summed E-state index contributed by atoms with van der Waals surface area (Å²) in [5, 5.41) is 0. The molecule has 0 spiro atoms. The first kappa shape index (κ1) is 25.1. The molecule has 0 heterocycles. The zero-order valence-corrected chi connectivity index (χ0v) is 19.7. The summed E-state index contributed by atoms with van der Waals surface area (Å²) in [6.07, 6.45) is 11.7. The third-order valence-electron chi connectivity index (χ3n) is 5.63. The number of allylic oxidation sites excluding steroid dienone is 2. The lowest BCUT2D eigenvalue weighted by Gasteiger charge is -2.20. The maximum Gasteiger partial charge on any atom is 0.209 e. The van der Waals surface area contributed by atoms with Crippen molar-refractivity contribution in [3.05, 3.63) is 34.2 Å². The van der Waals surface area contributed by atoms with E-state index in [0.29, 0.717) is 6.42 Å². The summed E-state index contributed by atoms with van der Waals surface area (Å²) in [4.78, 5) is 25.2. The maximum atomic E-state index is 13.0. The van der Waals surface area contributed by atoms with Crippen molar-refractivity contribution >= 4 is 21.4 Å². The van der Waals surface area contributed by atoms with E-state index >= 15 is 0 Å². The molecule has 172 valence electrons. The fourth-order valence-corrected chi connectivity index (χ4v) is 5.35. The van der Waals surface area contributed by atoms with Crippen LogP contribution in [0, 0.1) is 0 Å². The first-order chi connectivity index (χ1) is 14.9. The second-order valence-electron chi connectivity index (χ2n) is 7.92. The quantitative estimate of drug-likeness (QED) is 0.357. The van der Waals surface area contributed by atoms with Crippen molar-refractivity contribution in [2.24, 2.45) is 0 Å². The van der Waals surface area contributed by atoms with Crippen molar-refractivity contribution < 1.29 is 27.5 Å². The fraction of sp³-hybridized carbons (Fsp3) is 0.583. The first-order valence-corrected chi connectivity index (χ1v) is 12.8. The summed E-state index contributed by atoms with van der Waals surface area (Å²) in [7, 11) is -1.10. The molecule has 0 saturated carbocycles. The van der Waals surface area contributed by atoms with E-state index in [1.165, 1.54) is 64.9 Å². The van der Waals surface area contributed by atoms with Crippen LogP contribution < -0.4 is 9.47 Å². The first-order valence-electron chi connectivity index (χ1n) is 11.2. The summed E-state index contributed by atoms with van der Waals surface area (Å²) in [6.45, 7) is 2.20. The molecule has 0 aliphatic heterocycles. The maximum absolute atomic E-state index is 13.0. The lowest BCUT2D eigenvalue weighted by molar-refractivity contribution is 0.0985. The summed E-state index contributed by atoms with van der Waals surface area (Å²) in [5.41, 5.74) is 0.000680. The number of carbonyl (C=O) groups excluding carboxylic acids is 2. The number of fused-ring (bicyclic) bond motifs is 1. The molecule has 0 unspecified atom stereocenters. The molecule has 0 saturated heterocycles. The Balaban J connectivity index is 1.96. The average molecular weight is 451 g/mol. The molecule has 31 heavy (non-hydrogen) atoms. The molecule has 0 aromatic heterocycles. The molecule has 0 amide bonds. The van der Waals surface area contributed by atoms with E-state index in [1.54, 1.807) is 0 Å². The molecule has 1 aromatic carbocycles. The van der Waals surface area contributed by atoms with E-state index in [1.807, 2.05) is 0 Å². The van der Waals surface area contributed by atoms with E-state index in [0.717, 1.165) is 25.3 Å². The minimum atomic E-state index is -3.87. The number of rotatable bonds is 14. The van der Waals surface area contributed by atoms with Crippen molar-refractivity contribution in [1.82, 2.24) is 0 Å². The molecular weight excluding hydrogens is 416 g/mol. The number of hydrogen-bond donors (Lipinski definition) is 0. The summed E-state index contributed by atoms with van der Waals surface area (Å²) in [5.74, 6) is -1.04. The number of Topliss-reactive ketones (excluding diaryl/α,β-unsaturated/α-hetero) is 1. The van der Waals surface area contributed by atoms with Crippen molar-refractivity contribution in [2.75, 3.05) is 20.0 Å². The van der Waals surface area contributed by atoms with Gasteiger partial charge >= 0.3 is 0 Å². The van der Waals surface area contributed by atoms with Gasteiger partial charge in [-0.25, -0.2) is 8.42 Å². The van der Waals surface area contributed by atoms with Crippen LogP contribution in [0.3, 0.4) is 0 Å². The smallest absolute Gasteiger partial charge is 0.209 e. The minimum absolute atomic E-state index is 0.0454. The van der Waals surface area contributed by atoms with Gasteiger partial charge in [0.1, 0.15) is 16.4 Å². The highest BCUT2D eigenvalue weighted by molar-refractivity contribution is 7.96. The summed E-state index contributed by atoms with van der Waals surface area (Å²) in [6, 6.07) is 3.03. The number of hydrogen-bond acceptors (Lipinski definition) is 6. The molecule has 2 rings (SSSR count). The van der Waals surface area contributed by atoms with Crippen LogP contribution in [0.2, 0.25) is 0 Å². The Kier molecular flexibility index (Phi) is 9.75. The Bertz CT molecular complexity index is 914. The van der Waals surface area contributed by atoms with E-state index in [2.05, 4.69) is 6.92 Å². The number of benzene rings is 1. The molecule has 0 N–H and O–H groups in total. The van der Waals surface area contributed by atoms with E-state index in [-0.39, 0.29) is 28.4 Å². The standard InChI is InChI=1S/C24H34O6S/c1-4-5-6-7-8-9-10-11-12-13-16-31(27,28)21-17-18(25)22-19(29-2)14-15-20(30-3)23(22)24(21)26/h14-15,17H,4-13,16H2,1-3H3. The van der Waals surface area contributed by atoms with Crippen molar-refractivity contribution in [3.8, 4) is 11.5 Å². The van der Waals surface area contributed by atoms with Crippen LogP contribution in [0.25, 0.3) is 0 Å². The van der Waals surface area contributed by atoms with Gasteiger partial charge in [0.05, 0.1) is 31.1 Å². The number of sulfone groups is 1. The zero-order chi connectivity index (χ0) is 22.9. The molecule has 6 nitrogen and oxygen atoms in total. The van der Waals surface area contributed by atoms with Crippen molar-refractivity contribution in [1.29, 1.82) is 0 Å². The van der Waals surface area contributed by atoms with Gasteiger partial charge < -0.3 is 9.47 Å². The number of methoxy groups -OCH3 is 2. The van der Waals surface area contributed by atoms with Crippen LogP contribution >= 0.6 is 0 Å². The lowest BCUT2D eigenvalue weighted by Crippen LogP contribution is -2.25. The third kappa shape index (κ3) is 6.42. The Morgan fingerprint density at radius 2 is 1.23 bits per heavy atom. The van der Waals surface area contributed by atoms with Crippen molar-refractivity contribution in [3.63, 3.8) is 0 Å². The molecule has 1 aromatic rings. The number of unbranched alkanes of at least 4 members (excludes halogenated alkanes) is 9. The topological polar surface area (TPSA) is 86.7 Å². The van der Waals surface area contributed by atoms with Crippen LogP contribution in [0.1, 0.15) is 91.8 Å². The highest BCUT2D eigenvalue weighted by Gasteiger charge is 2.37. The van der Waals surface area contributed by atoms with Crippen LogP contribution in [0.5, 0.6) is 11.5 Å². The fourth-order valence-electron chi connectivity index (χ4n) is 3.88. The molecular formula is C24H34O6S. The molecule has 1 aliphatic carbocycles. The Hall–Kier alpha value is -2.15. The van der Waals surface area contributed by atoms with Gasteiger partial charge in [0.15, 0.2) is 15.6 Å². The average Bonchev–Trinajstić information content (AvgIpc) is 2.76. The van der Waals surface area contributed by atoms with Gasteiger partial charge in [0.25, 0.3) is 0 Å². The highest BCUT2D eigenvalue weighted by Crippen LogP contribution is 2.37. The van der Waals surface area contributed by atoms with Crippen LogP contribution in [-0.4, -0.2) is 40.0 Å². The summed E-state index contributed by atoms with van der Waals surface area (Å²) >= 11 is 0. The SMILES string of the molecule is CCCCCCCCCCCCS(=O)(=O)C1=CC(=O)c2c(OC)ccc(OC)c2C1=O. The third-order valence-corrected chi connectivity index (χ3v) is 7.43. The van der Waals surface area contributed by atoms with E-state index in [4.69, 9.17) is 9.47 Å². The normalized spacial score (nSPS) is 13.7. The number of carbonyl (C=O) groups is 2. The van der Waals surface area contributed by atoms with Gasteiger partial charge in [-0.3, -0.25) is 9.59 Å². The van der Waals surface area contributed by atoms with Crippen LogP contribution in [-0.2, 0) is 9.84 Å². The monoisotopic (exact) mass is 450 g/mol. The molecule has 1 aliphatic rings. The van der Waals surface area contributed by atoms with Gasteiger partial charge in [0.2, 0.25) is 5.78 Å². The predicted octanol–water partition coefficient (Wildman–Crippen LogP) is 5.30. The largest absolute Gasteiger partial charge is 0.496 e. The van der Waals surface area contributed by atoms with Gasteiger partial charge in [-0.1, -0.05) is 64.7 Å². The zero-order valence-electron chi connectivity index (χ0n) is 18.9. The second kappa shape index (κ2) is 12.0. The Labute approximate surface area is 185 Å². The highest BCUT2D eigenvalue weighted by atomic mass is 32.2. The molecule has 0 fully saturated rings. The van der Waals surface area contributed by atoms with Crippen LogP contribution in [0.15, 0.2) is 23.1 Å². The molecule has 0 bridgehead atoms.